The second-order valence-electron chi connectivity index (χ2n) is 2.57. The fourth-order valence-electron chi connectivity index (χ4n) is 1.00. The third-order valence-corrected chi connectivity index (χ3v) is 1.64. The monoisotopic (exact) mass is 140 g/mol. The molecule has 1 aliphatic rings. The molecular weight excluding hydrogens is 128 g/mol. The van der Waals surface area contributed by atoms with Crippen molar-refractivity contribution in [1.82, 2.24) is 0 Å². The predicted molar refractivity (Wildman–Crippen MR) is 38.8 cm³/mol. The largest absolute Gasteiger partial charge is 0.361 e. The summed E-state index contributed by atoms with van der Waals surface area (Å²) in [5, 5.41) is 0. The first-order valence-electron chi connectivity index (χ1n) is 3.52. The number of allylic oxidation sites excluding steroid dienone is 1. The lowest BCUT2D eigenvalue weighted by atomic mass is 10.1. The predicted octanol–water partition coefficient (Wildman–Crippen LogP) is 1.31. The van der Waals surface area contributed by atoms with Crippen molar-refractivity contribution in [2.75, 3.05) is 0 Å². The van der Waals surface area contributed by atoms with Crippen molar-refractivity contribution >= 4 is 5.78 Å². The minimum Gasteiger partial charge on any atom is -0.361 e. The number of rotatable bonds is 4. The van der Waals surface area contributed by atoms with E-state index in [2.05, 4.69) is 6.58 Å². The fourth-order valence-corrected chi connectivity index (χ4v) is 1.00. The molecule has 1 rings (SSSR count). The first-order valence-corrected chi connectivity index (χ1v) is 3.52. The zero-order valence-electron chi connectivity index (χ0n) is 6.17. The Morgan fingerprint density at radius 1 is 1.80 bits per heavy atom. The molecule has 0 aromatic rings. The summed E-state index contributed by atoms with van der Waals surface area (Å²) in [6.45, 7) is 5.16. The second kappa shape index (κ2) is 2.97. The summed E-state index contributed by atoms with van der Waals surface area (Å²) in [6.07, 6.45) is 3.82. The Morgan fingerprint density at radius 2 is 2.50 bits per heavy atom. The highest BCUT2D eigenvalue weighted by atomic mass is 16.6. The number of ketones is 1. The normalized spacial score (nSPS) is 29.7. The smallest absolute Gasteiger partial charge is 0.161 e. The molecule has 2 atom stereocenters. The summed E-state index contributed by atoms with van der Waals surface area (Å²) in [4.78, 5) is 10.6. The van der Waals surface area contributed by atoms with Gasteiger partial charge in [-0.15, -0.1) is 6.58 Å². The molecule has 0 aromatic heterocycles. The highest BCUT2D eigenvalue weighted by Crippen LogP contribution is 2.26. The lowest BCUT2D eigenvalue weighted by Crippen LogP contribution is -2.03. The van der Waals surface area contributed by atoms with Crippen molar-refractivity contribution in [3.63, 3.8) is 0 Å². The average Bonchev–Trinajstić information content (AvgIpc) is 2.62. The van der Waals surface area contributed by atoms with Crippen LogP contribution in [-0.2, 0) is 9.53 Å². The zero-order valence-corrected chi connectivity index (χ0v) is 6.17. The summed E-state index contributed by atoms with van der Waals surface area (Å²) < 4.78 is 5.08. The summed E-state index contributed by atoms with van der Waals surface area (Å²) in [6, 6.07) is 0. The molecule has 1 aliphatic heterocycles. The Kier molecular flexibility index (Phi) is 2.22. The van der Waals surface area contributed by atoms with Gasteiger partial charge in [0.05, 0.1) is 6.10 Å². The van der Waals surface area contributed by atoms with E-state index in [9.17, 15) is 4.79 Å². The molecule has 0 radical (unpaired) electrons. The van der Waals surface area contributed by atoms with Crippen molar-refractivity contribution < 1.29 is 9.53 Å². The van der Waals surface area contributed by atoms with Crippen molar-refractivity contribution in [3.8, 4) is 0 Å². The van der Waals surface area contributed by atoms with Crippen LogP contribution >= 0.6 is 0 Å². The van der Waals surface area contributed by atoms with Gasteiger partial charge in [0.25, 0.3) is 0 Å². The Balaban J connectivity index is 2.13. The fraction of sp³-hybridized carbons (Fsp3) is 0.625. The van der Waals surface area contributed by atoms with Crippen molar-refractivity contribution in [3.05, 3.63) is 12.7 Å². The first-order chi connectivity index (χ1) is 4.75. The molecule has 2 heteroatoms. The van der Waals surface area contributed by atoms with Gasteiger partial charge in [-0.25, -0.2) is 0 Å². The Morgan fingerprint density at radius 3 is 2.90 bits per heavy atom. The van der Waals surface area contributed by atoms with E-state index >= 15 is 0 Å². The maximum absolute atomic E-state index is 10.6. The molecule has 0 spiro atoms. The molecule has 0 aliphatic carbocycles. The second-order valence-corrected chi connectivity index (χ2v) is 2.57. The van der Waals surface area contributed by atoms with E-state index in [-0.39, 0.29) is 18.0 Å². The van der Waals surface area contributed by atoms with E-state index < -0.39 is 0 Å². The molecular formula is C8H12O2. The van der Waals surface area contributed by atoms with Crippen LogP contribution in [0.1, 0.15) is 19.8 Å². The van der Waals surface area contributed by atoms with Crippen LogP contribution in [0.5, 0.6) is 0 Å². The number of hydrogen-bond acceptors (Lipinski definition) is 2. The van der Waals surface area contributed by atoms with Gasteiger partial charge in [-0.2, -0.15) is 0 Å². The van der Waals surface area contributed by atoms with E-state index in [4.69, 9.17) is 4.74 Å². The van der Waals surface area contributed by atoms with Crippen LogP contribution in [-0.4, -0.2) is 18.0 Å². The number of carbonyl (C=O) groups is 1. The number of carbonyl (C=O) groups excluding carboxylic acids is 1. The molecule has 1 saturated heterocycles. The molecule has 0 N–H and O–H groups in total. The number of epoxide rings is 1. The van der Waals surface area contributed by atoms with E-state index in [0.29, 0.717) is 0 Å². The molecule has 10 heavy (non-hydrogen) atoms. The summed E-state index contributed by atoms with van der Waals surface area (Å²) >= 11 is 0. The van der Waals surface area contributed by atoms with Crippen molar-refractivity contribution in [1.29, 1.82) is 0 Å². The van der Waals surface area contributed by atoms with Crippen LogP contribution in [0.15, 0.2) is 12.7 Å². The number of Topliss-reactive ketones (excluding diaryl/α,β-unsaturated/α-hetero) is 1. The molecule has 2 unspecified atom stereocenters. The SMILES string of the molecule is C=CCCC1OC1C(C)=O. The Bertz CT molecular complexity index is 151. The molecule has 56 valence electrons. The number of hydrogen-bond donors (Lipinski definition) is 0. The quantitative estimate of drug-likeness (QED) is 0.435. The first kappa shape index (κ1) is 7.48. The van der Waals surface area contributed by atoms with Crippen LogP contribution in [0.3, 0.4) is 0 Å². The molecule has 0 saturated carbocycles. The van der Waals surface area contributed by atoms with Gasteiger partial charge in [0, 0.05) is 0 Å². The maximum Gasteiger partial charge on any atom is 0.161 e. The van der Waals surface area contributed by atoms with Gasteiger partial charge in [0.15, 0.2) is 5.78 Å². The zero-order chi connectivity index (χ0) is 7.56. The third kappa shape index (κ3) is 1.67. The Hall–Kier alpha value is -0.630. The minimum absolute atomic E-state index is 0.0973. The van der Waals surface area contributed by atoms with Gasteiger partial charge >= 0.3 is 0 Å². The molecule has 0 bridgehead atoms. The van der Waals surface area contributed by atoms with E-state index in [1.807, 2.05) is 6.08 Å². The number of ether oxygens (including phenoxy) is 1. The van der Waals surface area contributed by atoms with Crippen LogP contribution in [0, 0.1) is 0 Å². The molecule has 2 nitrogen and oxygen atoms in total. The molecule has 1 heterocycles. The molecule has 1 fully saturated rings. The minimum atomic E-state index is -0.0973. The topological polar surface area (TPSA) is 29.6 Å². The van der Waals surface area contributed by atoms with Gasteiger partial charge in [-0.3, -0.25) is 4.79 Å². The highest BCUT2D eigenvalue weighted by Gasteiger charge is 2.41. The van der Waals surface area contributed by atoms with Crippen molar-refractivity contribution in [2.24, 2.45) is 0 Å². The summed E-state index contributed by atoms with van der Waals surface area (Å²) in [7, 11) is 0. The highest BCUT2D eigenvalue weighted by molar-refractivity contribution is 5.83. The average molecular weight is 140 g/mol. The van der Waals surface area contributed by atoms with Gasteiger partial charge in [0.2, 0.25) is 0 Å². The molecule has 0 aromatic carbocycles. The van der Waals surface area contributed by atoms with Crippen LogP contribution < -0.4 is 0 Å². The van der Waals surface area contributed by atoms with Crippen LogP contribution in [0.4, 0.5) is 0 Å². The van der Waals surface area contributed by atoms with Gasteiger partial charge in [-0.1, -0.05) is 6.08 Å². The third-order valence-electron chi connectivity index (χ3n) is 1.64. The lowest BCUT2D eigenvalue weighted by molar-refractivity contribution is -0.118. The standard InChI is InChI=1S/C8H12O2/c1-3-4-5-7-8(10-7)6(2)9/h3,7-8H,1,4-5H2,2H3. The molecule has 0 amide bonds. The summed E-state index contributed by atoms with van der Waals surface area (Å²) in [5.74, 6) is 0.147. The summed E-state index contributed by atoms with van der Waals surface area (Å²) in [5.41, 5.74) is 0. The van der Waals surface area contributed by atoms with Gasteiger partial charge < -0.3 is 4.74 Å². The Labute approximate surface area is 60.9 Å². The van der Waals surface area contributed by atoms with E-state index in [1.54, 1.807) is 6.92 Å². The van der Waals surface area contributed by atoms with E-state index in [0.717, 1.165) is 12.8 Å². The maximum atomic E-state index is 10.6. The van der Waals surface area contributed by atoms with Crippen molar-refractivity contribution in [2.45, 2.75) is 32.0 Å². The van der Waals surface area contributed by atoms with Gasteiger partial charge in [-0.05, 0) is 19.8 Å². The van der Waals surface area contributed by atoms with Crippen LogP contribution in [0.2, 0.25) is 0 Å². The van der Waals surface area contributed by atoms with E-state index in [1.165, 1.54) is 0 Å². The van der Waals surface area contributed by atoms with Crippen LogP contribution in [0.25, 0.3) is 0 Å². The van der Waals surface area contributed by atoms with Gasteiger partial charge in [0.1, 0.15) is 6.10 Å². The lowest BCUT2D eigenvalue weighted by Gasteiger charge is -1.85.